The van der Waals surface area contributed by atoms with Crippen molar-refractivity contribution in [1.29, 1.82) is 0 Å². The van der Waals surface area contributed by atoms with Gasteiger partial charge in [-0.1, -0.05) is 264 Å². The van der Waals surface area contributed by atoms with Gasteiger partial charge in [0.25, 0.3) is 0 Å². The van der Waals surface area contributed by atoms with Gasteiger partial charge in [-0.3, -0.25) is 0 Å². The van der Waals surface area contributed by atoms with Crippen molar-refractivity contribution in [3.8, 4) is 0 Å². The Bertz CT molecular complexity index is 825. The number of ether oxygens (including phenoxy) is 3. The molecule has 0 aromatic carbocycles. The van der Waals surface area contributed by atoms with Gasteiger partial charge in [-0.05, 0) is 60.0 Å². The molecule has 0 atom stereocenters. The highest BCUT2D eigenvalue weighted by atomic mass is 32.2. The van der Waals surface area contributed by atoms with Crippen LogP contribution < -0.4 is 5.73 Å². The molecule has 11 heteroatoms. The Morgan fingerprint density at radius 3 is 0.920 bits per heavy atom. The predicted octanol–water partition coefficient (Wildman–Crippen LogP) is 21.8. The first kappa shape index (κ1) is 110. The zero-order valence-electron chi connectivity index (χ0n) is 56.7. The summed E-state index contributed by atoms with van der Waals surface area (Å²) in [5, 5.41) is 0. The van der Waals surface area contributed by atoms with Crippen molar-refractivity contribution in [2.24, 2.45) is 23.5 Å². The third kappa shape index (κ3) is 318. The molecule has 0 aliphatic heterocycles. The number of hydrogen-bond acceptors (Lipinski definition) is 10. The van der Waals surface area contributed by atoms with E-state index in [1.807, 2.05) is 41.5 Å². The molecule has 0 aliphatic carbocycles. The lowest BCUT2D eigenvalue weighted by Crippen LogP contribution is -2.05. The van der Waals surface area contributed by atoms with Crippen LogP contribution in [0.25, 0.3) is 0 Å². The van der Waals surface area contributed by atoms with Crippen LogP contribution >= 0.6 is 35.3 Å². The maximum atomic E-state index is 8.12. The Morgan fingerprint density at radius 2 is 0.720 bits per heavy atom. The number of rotatable bonds is 24. The molecule has 1 heterocycles. The van der Waals surface area contributed by atoms with E-state index in [9.17, 15) is 0 Å². The number of nitrogens with two attached hydrogens (primary N) is 1. The number of aromatic amines is 1. The SMILES string of the molecule is C=C=C.CC(C)COCCCSCCN.CC(C)COCCCSCCc1ncc[nH]1.CCC.CCC.CCC.CCC.CCC.CCC.CCC.CCC.CCC.CCC.CCSCCCOCC(C)C.O=C=O. The van der Waals surface area contributed by atoms with Crippen molar-refractivity contribution in [3.63, 3.8) is 0 Å². The second-order valence-electron chi connectivity index (χ2n) is 17.9. The Morgan fingerprint density at radius 1 is 0.480 bits per heavy atom. The van der Waals surface area contributed by atoms with Crippen molar-refractivity contribution < 1.29 is 23.8 Å². The zero-order chi connectivity index (χ0) is 61.9. The van der Waals surface area contributed by atoms with Crippen LogP contribution in [0.2, 0.25) is 0 Å². The second kappa shape index (κ2) is 151. The highest BCUT2D eigenvalue weighted by Crippen LogP contribution is 2.06. The quantitative estimate of drug-likeness (QED) is 0.0766. The number of nitrogens with zero attached hydrogens (tertiary/aromatic N) is 1. The minimum atomic E-state index is 0.250. The first-order valence-corrected chi connectivity index (χ1v) is 33.7. The zero-order valence-corrected chi connectivity index (χ0v) is 59.1. The van der Waals surface area contributed by atoms with Gasteiger partial charge in [0.05, 0.1) is 0 Å². The molecule has 1 rings (SSSR count). The average Bonchev–Trinajstić information content (AvgIpc) is 3.86. The molecule has 0 bridgehead atoms. The number of nitrogens with one attached hydrogen (secondary N) is 1. The van der Waals surface area contributed by atoms with Gasteiger partial charge >= 0.3 is 6.15 Å². The van der Waals surface area contributed by atoms with E-state index in [4.69, 9.17) is 29.5 Å². The van der Waals surface area contributed by atoms with Gasteiger partial charge in [0, 0.05) is 76.5 Å². The van der Waals surface area contributed by atoms with Crippen LogP contribution in [0.5, 0.6) is 0 Å². The lowest BCUT2D eigenvalue weighted by Gasteiger charge is -2.06. The van der Waals surface area contributed by atoms with Gasteiger partial charge in [-0.2, -0.15) is 44.9 Å². The first-order valence-electron chi connectivity index (χ1n) is 30.2. The fourth-order valence-electron chi connectivity index (χ4n) is 2.78. The van der Waals surface area contributed by atoms with Crippen molar-refractivity contribution in [3.05, 3.63) is 37.1 Å². The summed E-state index contributed by atoms with van der Waals surface area (Å²) in [4.78, 5) is 23.6. The third-order valence-corrected chi connectivity index (χ3v) is 7.75. The van der Waals surface area contributed by atoms with Crippen LogP contribution in [-0.2, 0) is 30.2 Å². The summed E-state index contributed by atoms with van der Waals surface area (Å²) in [6, 6.07) is 0. The maximum Gasteiger partial charge on any atom is 0.373 e. The van der Waals surface area contributed by atoms with E-state index in [0.29, 0.717) is 17.8 Å². The summed E-state index contributed by atoms with van der Waals surface area (Å²) in [6.07, 6.45) is 21.0. The lowest BCUT2D eigenvalue weighted by molar-refractivity contribution is -0.191. The Balaban J connectivity index is -0.0000000475. The van der Waals surface area contributed by atoms with E-state index in [2.05, 4.69) is 216 Å². The maximum absolute atomic E-state index is 8.12. The van der Waals surface area contributed by atoms with E-state index < -0.39 is 0 Å². The molecular formula is C64H147N3O5S3. The lowest BCUT2D eigenvalue weighted by atomic mass is 10.2. The van der Waals surface area contributed by atoms with Gasteiger partial charge < -0.3 is 24.9 Å². The van der Waals surface area contributed by atoms with E-state index in [1.54, 1.807) is 6.20 Å². The largest absolute Gasteiger partial charge is 0.381 e. The van der Waals surface area contributed by atoms with Crippen LogP contribution in [0.4, 0.5) is 0 Å². The number of H-pyrrole nitrogens is 1. The van der Waals surface area contributed by atoms with Crippen LogP contribution in [0.15, 0.2) is 31.3 Å². The summed E-state index contributed by atoms with van der Waals surface area (Å²) >= 11 is 5.86. The highest BCUT2D eigenvalue weighted by Gasteiger charge is 1.97. The fourth-order valence-corrected chi connectivity index (χ4v) is 4.95. The molecule has 1 aromatic heterocycles. The molecule has 466 valence electrons. The molecule has 0 radical (unpaired) electrons. The van der Waals surface area contributed by atoms with Gasteiger partial charge in [0.2, 0.25) is 0 Å². The van der Waals surface area contributed by atoms with E-state index >= 15 is 0 Å². The number of aryl methyl sites for hydroxylation is 1. The summed E-state index contributed by atoms with van der Waals surface area (Å²) in [6.45, 7) is 70.2. The van der Waals surface area contributed by atoms with Gasteiger partial charge in [-0.15, -0.1) is 5.73 Å². The number of aromatic nitrogens is 2. The Labute approximate surface area is 490 Å². The summed E-state index contributed by atoms with van der Waals surface area (Å²) in [7, 11) is 0. The number of imidazole rings is 1. The van der Waals surface area contributed by atoms with E-state index in [1.165, 1.54) is 93.6 Å². The molecule has 0 spiro atoms. The summed E-state index contributed by atoms with van der Waals surface area (Å²) in [5.41, 5.74) is 7.61. The minimum absolute atomic E-state index is 0.250. The molecule has 0 saturated heterocycles. The van der Waals surface area contributed by atoms with Crippen LogP contribution in [-0.4, -0.2) is 96.8 Å². The fraction of sp³-hybridized carbons (Fsp3) is 0.891. The third-order valence-electron chi connectivity index (χ3n) is 4.59. The Hall–Kier alpha value is -1.00. The number of carbonyl (C=O) groups excluding carboxylic acids is 2. The molecule has 1 aromatic rings. The second-order valence-corrected chi connectivity index (χ2v) is 21.7. The molecule has 75 heavy (non-hydrogen) atoms. The topological polar surface area (TPSA) is 117 Å². The predicted molar refractivity (Wildman–Crippen MR) is 359 cm³/mol. The summed E-state index contributed by atoms with van der Waals surface area (Å²) < 4.78 is 16.4. The van der Waals surface area contributed by atoms with Crippen molar-refractivity contribution in [2.75, 3.05) is 80.7 Å². The van der Waals surface area contributed by atoms with Crippen molar-refractivity contribution in [2.45, 2.75) is 277 Å². The Kier molecular flexibility index (Phi) is 221. The highest BCUT2D eigenvalue weighted by molar-refractivity contribution is 7.99. The minimum Gasteiger partial charge on any atom is -0.381 e. The summed E-state index contributed by atoms with van der Waals surface area (Å²) in [5.74, 6) is 10.1. The molecule has 8 nitrogen and oxygen atoms in total. The molecule has 0 aliphatic rings. The average molecular weight is 1140 g/mol. The van der Waals surface area contributed by atoms with Gasteiger partial charge in [0.15, 0.2) is 0 Å². The molecule has 0 amide bonds. The molecular weight excluding hydrogens is 987 g/mol. The van der Waals surface area contributed by atoms with Gasteiger partial charge in [0.1, 0.15) is 5.82 Å². The monoisotopic (exact) mass is 1130 g/mol. The van der Waals surface area contributed by atoms with Crippen LogP contribution in [0.1, 0.15) is 276 Å². The molecule has 0 fully saturated rings. The van der Waals surface area contributed by atoms with E-state index in [-0.39, 0.29) is 6.15 Å². The molecule has 3 N–H and O–H groups in total. The normalized spacial score (nSPS) is 8.36. The van der Waals surface area contributed by atoms with E-state index in [0.717, 1.165) is 82.8 Å². The van der Waals surface area contributed by atoms with Crippen molar-refractivity contribution >= 4 is 41.4 Å². The number of hydrogen-bond donors (Lipinski definition) is 2. The first-order chi connectivity index (χ1) is 35.8. The molecule has 0 saturated carbocycles. The smallest absolute Gasteiger partial charge is 0.373 e. The van der Waals surface area contributed by atoms with Crippen molar-refractivity contribution in [1.82, 2.24) is 9.97 Å². The standard InChI is InChI=1S/C12H22N2OS.C9H21NOS.C9H20OS.10C3H8.C3H4.CO2/c1-11(2)10-15-7-3-8-16-9-4-12-13-5-6-14-12;1-9(2)8-11-5-3-6-12-7-4-10;1-4-11-7-5-6-10-8-9(2)3;11*1-3-2;2-1-3/h5-6,11H,3-4,7-10H2,1-2H3,(H,13,14);9H,3-8,10H2,1-2H3;9H,4-8H2,1-3H3;10*3H2,1-2H3;1-2H2;. The molecule has 0 unspecified atom stereocenters. The van der Waals surface area contributed by atoms with Crippen LogP contribution in [0, 0.1) is 17.8 Å². The van der Waals surface area contributed by atoms with Crippen LogP contribution in [0.3, 0.4) is 0 Å². The number of thioether (sulfide) groups is 3. The van der Waals surface area contributed by atoms with Gasteiger partial charge in [-0.25, -0.2) is 4.98 Å².